The fraction of sp³-hybridized carbons (Fsp3) is 0.389. The van der Waals surface area contributed by atoms with Crippen molar-refractivity contribution in [1.29, 1.82) is 0 Å². The molecule has 0 bridgehead atoms. The summed E-state index contributed by atoms with van der Waals surface area (Å²) in [5, 5.41) is 0. The Morgan fingerprint density at radius 2 is 0.917 bits per heavy atom. The van der Waals surface area contributed by atoms with Gasteiger partial charge in [-0.25, -0.2) is 0 Å². The second-order valence-corrected chi connectivity index (χ2v) is 11.5. The lowest BCUT2D eigenvalue weighted by atomic mass is 9.79. The maximum atomic E-state index is 3.41. The molecule has 0 fully saturated rings. The van der Waals surface area contributed by atoms with Gasteiger partial charge in [-0.05, 0) is 93.7 Å². The summed E-state index contributed by atoms with van der Waals surface area (Å²) in [5.74, 6) is 13.5. The van der Waals surface area contributed by atoms with E-state index in [9.17, 15) is 0 Å². The largest absolute Gasteiger partial charge is 0.0979 e. The lowest BCUT2D eigenvalue weighted by molar-refractivity contribution is 0.652. The molecule has 0 aromatic heterocycles. The van der Waals surface area contributed by atoms with E-state index in [1.807, 2.05) is 0 Å². The highest BCUT2D eigenvalue weighted by atomic mass is 14.4. The van der Waals surface area contributed by atoms with E-state index in [0.29, 0.717) is 0 Å². The summed E-state index contributed by atoms with van der Waals surface area (Å²) in [4.78, 5) is 0. The minimum Gasteiger partial charge on any atom is -0.0979 e. The summed E-state index contributed by atoms with van der Waals surface area (Å²) in [6, 6.07) is 18.7. The van der Waals surface area contributed by atoms with Gasteiger partial charge in [-0.1, -0.05) is 90.2 Å². The fourth-order valence-electron chi connectivity index (χ4n) is 5.98. The number of fused-ring (bicyclic) bond motifs is 6. The smallest absolute Gasteiger partial charge is 0.0248 e. The van der Waals surface area contributed by atoms with Crippen LogP contribution in [0.25, 0.3) is 22.3 Å². The third kappa shape index (κ3) is 3.98. The molecule has 0 N–H and O–H groups in total. The minimum atomic E-state index is -0.0433. The lowest BCUT2D eigenvalue weighted by Crippen LogP contribution is -2.17. The standard InChI is InChI=1S/C36H38/c1-7-9-11-13-15-25-17-19-27-29-23-34-30(24-33(29)35(3,4)31(27)21-25)28-20-18-26(16-14-12-10-8-2)22-32(28)36(34,5)6/h17-24H,7-12H2,1-6H3. The molecule has 0 saturated heterocycles. The van der Waals surface area contributed by atoms with Crippen molar-refractivity contribution in [3.05, 3.63) is 81.9 Å². The Morgan fingerprint density at radius 3 is 1.31 bits per heavy atom. The Morgan fingerprint density at radius 1 is 0.528 bits per heavy atom. The van der Waals surface area contributed by atoms with Crippen LogP contribution in [0, 0.1) is 23.7 Å². The van der Waals surface area contributed by atoms with Crippen molar-refractivity contribution in [1.82, 2.24) is 0 Å². The molecule has 3 aromatic carbocycles. The van der Waals surface area contributed by atoms with Crippen molar-refractivity contribution in [2.24, 2.45) is 0 Å². The Balaban J connectivity index is 1.56. The van der Waals surface area contributed by atoms with Gasteiger partial charge < -0.3 is 0 Å². The monoisotopic (exact) mass is 470 g/mol. The lowest BCUT2D eigenvalue weighted by Gasteiger charge is -2.24. The first-order valence-electron chi connectivity index (χ1n) is 13.8. The molecule has 0 radical (unpaired) electrons. The zero-order chi connectivity index (χ0) is 25.5. The van der Waals surface area contributed by atoms with E-state index in [1.165, 1.54) is 70.2 Å². The molecule has 36 heavy (non-hydrogen) atoms. The predicted octanol–water partition coefficient (Wildman–Crippen LogP) is 9.38. The average molecular weight is 471 g/mol. The van der Waals surface area contributed by atoms with Crippen LogP contribution >= 0.6 is 0 Å². The van der Waals surface area contributed by atoms with Crippen molar-refractivity contribution >= 4 is 0 Å². The van der Waals surface area contributed by atoms with Crippen molar-refractivity contribution in [2.45, 2.75) is 90.9 Å². The molecule has 0 unspecified atom stereocenters. The predicted molar refractivity (Wildman–Crippen MR) is 154 cm³/mol. The maximum Gasteiger partial charge on any atom is 0.0248 e. The average Bonchev–Trinajstić information content (AvgIpc) is 3.22. The van der Waals surface area contributed by atoms with Gasteiger partial charge in [0, 0.05) is 34.8 Å². The molecule has 0 amide bonds. The second-order valence-electron chi connectivity index (χ2n) is 11.5. The molecule has 3 aromatic rings. The van der Waals surface area contributed by atoms with Crippen LogP contribution < -0.4 is 0 Å². The Kier molecular flexibility index (Phi) is 6.35. The number of unbranched alkanes of at least 4 members (excludes halogenated alkanes) is 4. The third-order valence-electron chi connectivity index (χ3n) is 8.25. The van der Waals surface area contributed by atoms with Crippen LogP contribution in [0.1, 0.15) is 113 Å². The molecule has 5 rings (SSSR count). The van der Waals surface area contributed by atoms with Gasteiger partial charge in [-0.2, -0.15) is 0 Å². The number of hydrogen-bond acceptors (Lipinski definition) is 0. The molecule has 0 nitrogen and oxygen atoms in total. The quantitative estimate of drug-likeness (QED) is 0.263. The molecule has 0 heterocycles. The topological polar surface area (TPSA) is 0 Å². The summed E-state index contributed by atoms with van der Waals surface area (Å²) < 4.78 is 0. The maximum absolute atomic E-state index is 3.41. The van der Waals surface area contributed by atoms with Gasteiger partial charge in [-0.15, -0.1) is 0 Å². The van der Waals surface area contributed by atoms with Crippen molar-refractivity contribution in [3.63, 3.8) is 0 Å². The van der Waals surface area contributed by atoms with Crippen LogP contribution in [0.3, 0.4) is 0 Å². The van der Waals surface area contributed by atoms with E-state index < -0.39 is 0 Å². The van der Waals surface area contributed by atoms with E-state index in [1.54, 1.807) is 0 Å². The van der Waals surface area contributed by atoms with Gasteiger partial charge in [-0.3, -0.25) is 0 Å². The van der Waals surface area contributed by atoms with Crippen LogP contribution in [0.5, 0.6) is 0 Å². The first-order valence-corrected chi connectivity index (χ1v) is 13.8. The van der Waals surface area contributed by atoms with Gasteiger partial charge in [0.1, 0.15) is 0 Å². The molecular weight excluding hydrogens is 432 g/mol. The van der Waals surface area contributed by atoms with Gasteiger partial charge >= 0.3 is 0 Å². The van der Waals surface area contributed by atoms with E-state index in [0.717, 1.165) is 24.0 Å². The van der Waals surface area contributed by atoms with Crippen molar-refractivity contribution in [2.75, 3.05) is 0 Å². The summed E-state index contributed by atoms with van der Waals surface area (Å²) in [6.07, 6.45) is 6.68. The van der Waals surface area contributed by atoms with E-state index in [4.69, 9.17) is 0 Å². The molecule has 2 aliphatic carbocycles. The van der Waals surface area contributed by atoms with E-state index in [2.05, 4.69) is 114 Å². The molecule has 182 valence electrons. The summed E-state index contributed by atoms with van der Waals surface area (Å²) in [7, 11) is 0. The van der Waals surface area contributed by atoms with E-state index in [-0.39, 0.29) is 10.8 Å². The number of benzene rings is 3. The van der Waals surface area contributed by atoms with Gasteiger partial charge in [0.2, 0.25) is 0 Å². The zero-order valence-electron chi connectivity index (χ0n) is 22.9. The highest BCUT2D eigenvalue weighted by Crippen LogP contribution is 2.56. The second kappa shape index (κ2) is 9.34. The molecule has 0 spiro atoms. The van der Waals surface area contributed by atoms with Gasteiger partial charge in [0.05, 0.1) is 0 Å². The molecular formula is C36H38. The Bertz CT molecular complexity index is 1340. The SMILES string of the molecule is CCCCC#Cc1ccc2c(c1)C(C)(C)c1cc3c(cc1-2)C(C)(C)c1cc(C#CCCCC)ccc1-3. The van der Waals surface area contributed by atoms with Gasteiger partial charge in [0.15, 0.2) is 0 Å². The summed E-state index contributed by atoms with van der Waals surface area (Å²) in [5.41, 5.74) is 13.4. The van der Waals surface area contributed by atoms with Gasteiger partial charge in [0.25, 0.3) is 0 Å². The van der Waals surface area contributed by atoms with Crippen LogP contribution in [0.15, 0.2) is 48.5 Å². The molecule has 0 saturated carbocycles. The van der Waals surface area contributed by atoms with Crippen molar-refractivity contribution < 1.29 is 0 Å². The highest BCUT2D eigenvalue weighted by Gasteiger charge is 2.41. The Labute approximate surface area is 218 Å². The normalized spacial score (nSPS) is 15.1. The third-order valence-corrected chi connectivity index (χ3v) is 8.25. The van der Waals surface area contributed by atoms with Crippen LogP contribution in [-0.4, -0.2) is 0 Å². The minimum absolute atomic E-state index is 0.0433. The zero-order valence-corrected chi connectivity index (χ0v) is 22.9. The molecule has 0 heteroatoms. The molecule has 0 aliphatic heterocycles. The first kappa shape index (κ1) is 24.5. The summed E-state index contributed by atoms with van der Waals surface area (Å²) in [6.45, 7) is 13.9. The first-order chi connectivity index (χ1) is 17.3. The number of rotatable bonds is 4. The summed E-state index contributed by atoms with van der Waals surface area (Å²) >= 11 is 0. The van der Waals surface area contributed by atoms with E-state index >= 15 is 0 Å². The van der Waals surface area contributed by atoms with Crippen LogP contribution in [0.2, 0.25) is 0 Å². The molecule has 0 atom stereocenters. The Hall–Kier alpha value is -3.22. The van der Waals surface area contributed by atoms with Crippen LogP contribution in [-0.2, 0) is 10.8 Å². The fourth-order valence-corrected chi connectivity index (χ4v) is 5.98. The number of hydrogen-bond donors (Lipinski definition) is 0. The molecule has 2 aliphatic rings. The van der Waals surface area contributed by atoms with Crippen molar-refractivity contribution in [3.8, 4) is 45.9 Å². The van der Waals surface area contributed by atoms with Crippen LogP contribution in [0.4, 0.5) is 0 Å². The highest BCUT2D eigenvalue weighted by molar-refractivity contribution is 5.90.